The smallest absolute Gasteiger partial charge is 0.289 e. The molecule has 0 fully saturated rings. The molecule has 0 aliphatic carbocycles. The number of thiophene rings is 1. The van der Waals surface area contributed by atoms with Crippen molar-refractivity contribution in [1.82, 2.24) is 9.97 Å². The molecule has 4 aromatic rings. The highest BCUT2D eigenvalue weighted by Crippen LogP contribution is 2.33. The molecular formula is C18H11Cl2N5O4S2. The number of nitrogens with zero attached hydrogens (tertiary/aromatic N) is 3. The summed E-state index contributed by atoms with van der Waals surface area (Å²) >= 11 is 12.6. The zero-order valence-corrected chi connectivity index (χ0v) is 18.4. The molecule has 2 aromatic carbocycles. The summed E-state index contributed by atoms with van der Waals surface area (Å²) in [5.74, 6) is -0.0256. The monoisotopic (exact) mass is 495 g/mol. The molecule has 31 heavy (non-hydrogen) atoms. The number of fused-ring (bicyclic) bond motifs is 1. The van der Waals surface area contributed by atoms with E-state index in [9.17, 15) is 18.5 Å². The summed E-state index contributed by atoms with van der Waals surface area (Å²) in [4.78, 5) is 19.3. The van der Waals surface area contributed by atoms with Crippen LogP contribution in [-0.2, 0) is 10.0 Å². The summed E-state index contributed by atoms with van der Waals surface area (Å²) in [6.07, 6.45) is 0. The van der Waals surface area contributed by atoms with Crippen molar-refractivity contribution in [3.8, 4) is 0 Å². The molecule has 2 heterocycles. The molecule has 2 aromatic heterocycles. The standard InChI is InChI=1S/C18H11Cl2N5O4S2/c19-11-6-5-10(9-14(11)25(26)27)21-17-18(23-13-4-2-1-3-12(13)22-17)24-31(28,29)16-8-7-15(20)30-16/h1-9H,(H,21,22)(H,23,24). The fourth-order valence-corrected chi connectivity index (χ4v) is 5.32. The Balaban J connectivity index is 1.79. The van der Waals surface area contributed by atoms with Gasteiger partial charge in [-0.15, -0.1) is 11.3 Å². The molecule has 9 nitrogen and oxygen atoms in total. The summed E-state index contributed by atoms with van der Waals surface area (Å²) in [5.41, 5.74) is 0.920. The van der Waals surface area contributed by atoms with E-state index in [-0.39, 0.29) is 32.2 Å². The van der Waals surface area contributed by atoms with Crippen LogP contribution in [-0.4, -0.2) is 23.3 Å². The summed E-state index contributed by atoms with van der Waals surface area (Å²) in [7, 11) is -3.99. The van der Waals surface area contributed by atoms with Crippen molar-refractivity contribution >= 4 is 78.6 Å². The molecule has 0 amide bonds. The number of benzene rings is 2. The van der Waals surface area contributed by atoms with Crippen molar-refractivity contribution in [2.24, 2.45) is 0 Å². The van der Waals surface area contributed by atoms with Crippen LogP contribution in [0.5, 0.6) is 0 Å². The molecule has 13 heteroatoms. The fourth-order valence-electron chi connectivity index (χ4n) is 2.65. The number of rotatable bonds is 6. The Morgan fingerprint density at radius 2 is 1.65 bits per heavy atom. The number of nitrogens with one attached hydrogen (secondary N) is 2. The number of nitro benzene ring substituents is 1. The van der Waals surface area contributed by atoms with E-state index < -0.39 is 14.9 Å². The quantitative estimate of drug-likeness (QED) is 0.268. The maximum atomic E-state index is 12.8. The average molecular weight is 496 g/mol. The van der Waals surface area contributed by atoms with Crippen molar-refractivity contribution in [2.45, 2.75) is 4.21 Å². The third kappa shape index (κ3) is 4.54. The summed E-state index contributed by atoms with van der Waals surface area (Å²) in [6.45, 7) is 0. The van der Waals surface area contributed by atoms with Crippen LogP contribution in [0.1, 0.15) is 0 Å². The maximum absolute atomic E-state index is 12.8. The molecule has 0 atom stereocenters. The lowest BCUT2D eigenvalue weighted by Gasteiger charge is -2.13. The van der Waals surface area contributed by atoms with Gasteiger partial charge in [-0.1, -0.05) is 35.3 Å². The van der Waals surface area contributed by atoms with Crippen LogP contribution in [0.15, 0.2) is 58.8 Å². The van der Waals surface area contributed by atoms with E-state index >= 15 is 0 Å². The Bertz CT molecular complexity index is 1430. The highest BCUT2D eigenvalue weighted by molar-refractivity contribution is 7.94. The minimum absolute atomic E-state index is 0.000499. The van der Waals surface area contributed by atoms with Crippen LogP contribution in [0.3, 0.4) is 0 Å². The van der Waals surface area contributed by atoms with Gasteiger partial charge < -0.3 is 5.32 Å². The largest absolute Gasteiger partial charge is 0.337 e. The second kappa shape index (κ2) is 8.27. The third-order valence-electron chi connectivity index (χ3n) is 4.02. The topological polar surface area (TPSA) is 127 Å². The van der Waals surface area contributed by atoms with Crippen molar-refractivity contribution in [3.63, 3.8) is 0 Å². The van der Waals surface area contributed by atoms with Gasteiger partial charge >= 0.3 is 0 Å². The van der Waals surface area contributed by atoms with Gasteiger partial charge in [-0.3, -0.25) is 14.8 Å². The molecule has 0 radical (unpaired) electrons. The second-order valence-corrected chi connectivity index (χ2v) is 10.2. The Kier molecular flexibility index (Phi) is 5.67. The predicted molar refractivity (Wildman–Crippen MR) is 121 cm³/mol. The number of halogens is 2. The zero-order chi connectivity index (χ0) is 22.2. The van der Waals surface area contributed by atoms with E-state index in [0.717, 1.165) is 11.3 Å². The predicted octanol–water partition coefficient (Wildman–Crippen LogP) is 5.45. The molecule has 0 spiro atoms. The summed E-state index contributed by atoms with van der Waals surface area (Å²) < 4.78 is 28.3. The van der Waals surface area contributed by atoms with Crippen molar-refractivity contribution < 1.29 is 13.3 Å². The average Bonchev–Trinajstić information content (AvgIpc) is 3.17. The number of para-hydroxylation sites is 2. The molecule has 0 bridgehead atoms. The first kappa shape index (κ1) is 21.2. The van der Waals surface area contributed by atoms with Crippen molar-refractivity contribution in [1.29, 1.82) is 0 Å². The van der Waals surface area contributed by atoms with Gasteiger partial charge in [-0.2, -0.15) is 0 Å². The van der Waals surface area contributed by atoms with Crippen LogP contribution < -0.4 is 10.0 Å². The number of aromatic nitrogens is 2. The molecule has 0 saturated carbocycles. The van der Waals surface area contributed by atoms with Crippen LogP contribution in [0.25, 0.3) is 11.0 Å². The van der Waals surface area contributed by atoms with Gasteiger partial charge in [-0.25, -0.2) is 18.4 Å². The number of nitro groups is 1. The van der Waals surface area contributed by atoms with Gasteiger partial charge in [0.15, 0.2) is 11.6 Å². The van der Waals surface area contributed by atoms with Crippen LogP contribution in [0.2, 0.25) is 9.36 Å². The van der Waals surface area contributed by atoms with Gasteiger partial charge in [0.2, 0.25) is 0 Å². The van der Waals surface area contributed by atoms with E-state index in [1.807, 2.05) is 0 Å². The van der Waals surface area contributed by atoms with Gasteiger partial charge in [0.05, 0.1) is 20.3 Å². The molecule has 4 rings (SSSR count). The van der Waals surface area contributed by atoms with Crippen LogP contribution in [0.4, 0.5) is 23.0 Å². The Morgan fingerprint density at radius 3 is 2.26 bits per heavy atom. The van der Waals surface area contributed by atoms with E-state index in [2.05, 4.69) is 20.0 Å². The minimum Gasteiger partial charge on any atom is -0.337 e. The van der Waals surface area contributed by atoms with E-state index in [4.69, 9.17) is 23.2 Å². The van der Waals surface area contributed by atoms with E-state index in [1.54, 1.807) is 24.3 Å². The summed E-state index contributed by atoms with van der Waals surface area (Å²) in [6, 6.07) is 13.8. The molecular weight excluding hydrogens is 485 g/mol. The first-order valence-electron chi connectivity index (χ1n) is 8.49. The number of sulfonamides is 1. The molecule has 0 saturated heterocycles. The van der Waals surface area contributed by atoms with Gasteiger partial charge in [0.1, 0.15) is 9.23 Å². The van der Waals surface area contributed by atoms with Gasteiger partial charge in [0.25, 0.3) is 15.7 Å². The lowest BCUT2D eigenvalue weighted by atomic mass is 10.2. The lowest BCUT2D eigenvalue weighted by molar-refractivity contribution is -0.384. The highest BCUT2D eigenvalue weighted by Gasteiger charge is 2.21. The van der Waals surface area contributed by atoms with Gasteiger partial charge in [0, 0.05) is 11.8 Å². The molecule has 158 valence electrons. The maximum Gasteiger partial charge on any atom is 0.289 e. The molecule has 2 N–H and O–H groups in total. The van der Waals surface area contributed by atoms with Crippen molar-refractivity contribution in [3.05, 3.63) is 74.1 Å². The van der Waals surface area contributed by atoms with E-state index in [1.165, 1.54) is 30.3 Å². The first-order chi connectivity index (χ1) is 14.7. The Hall–Kier alpha value is -2.99. The number of anilines is 3. The fraction of sp³-hybridized carbons (Fsp3) is 0. The molecule has 0 unspecified atom stereocenters. The van der Waals surface area contributed by atoms with Gasteiger partial charge in [-0.05, 0) is 36.4 Å². The minimum atomic E-state index is -3.99. The molecule has 0 aliphatic heterocycles. The first-order valence-corrected chi connectivity index (χ1v) is 11.5. The summed E-state index contributed by atoms with van der Waals surface area (Å²) in [5, 5.41) is 14.0. The molecule has 0 aliphatic rings. The zero-order valence-electron chi connectivity index (χ0n) is 15.2. The second-order valence-electron chi connectivity index (χ2n) is 6.12. The normalized spacial score (nSPS) is 11.4. The van der Waals surface area contributed by atoms with Crippen LogP contribution >= 0.6 is 34.5 Å². The Morgan fingerprint density at radius 1 is 0.968 bits per heavy atom. The number of hydrogen-bond donors (Lipinski definition) is 2. The van der Waals surface area contributed by atoms with Crippen molar-refractivity contribution in [2.75, 3.05) is 10.0 Å². The Labute approximate surface area is 189 Å². The highest BCUT2D eigenvalue weighted by atomic mass is 35.5. The van der Waals surface area contributed by atoms with E-state index in [0.29, 0.717) is 15.4 Å². The number of hydrogen-bond acceptors (Lipinski definition) is 8. The van der Waals surface area contributed by atoms with Crippen LogP contribution in [0, 0.1) is 10.1 Å². The lowest BCUT2D eigenvalue weighted by Crippen LogP contribution is -2.15. The third-order valence-corrected chi connectivity index (χ3v) is 7.40. The SMILES string of the molecule is O=[N+]([O-])c1cc(Nc2nc3ccccc3nc2NS(=O)(=O)c2ccc(Cl)s2)ccc1Cl.